The van der Waals surface area contributed by atoms with Gasteiger partial charge in [-0.15, -0.1) is 0 Å². The molecule has 2 heterocycles. The van der Waals surface area contributed by atoms with Gasteiger partial charge in [0.1, 0.15) is 11.3 Å². The SMILES string of the molecule is COc1cc2nccc(Oc3ccc(Nc4nn(C)cc4C(=O)Nc4ccccc4C)cc3F)c2cc1OC. The van der Waals surface area contributed by atoms with E-state index in [-0.39, 0.29) is 17.5 Å². The Kier molecular flexibility index (Phi) is 7.00. The van der Waals surface area contributed by atoms with Crippen LogP contribution in [0.4, 0.5) is 21.6 Å². The highest BCUT2D eigenvalue weighted by molar-refractivity contribution is 6.08. The summed E-state index contributed by atoms with van der Waals surface area (Å²) in [5.74, 6) is 0.794. The third-order valence-corrected chi connectivity index (χ3v) is 6.09. The lowest BCUT2D eigenvalue weighted by atomic mass is 10.1. The summed E-state index contributed by atoms with van der Waals surface area (Å²) in [5, 5.41) is 10.9. The summed E-state index contributed by atoms with van der Waals surface area (Å²) < 4.78 is 33.3. The van der Waals surface area contributed by atoms with E-state index in [2.05, 4.69) is 20.7 Å². The zero-order chi connectivity index (χ0) is 27.5. The van der Waals surface area contributed by atoms with Gasteiger partial charge in [0.05, 0.1) is 19.7 Å². The molecule has 0 saturated heterocycles. The molecule has 2 aromatic heterocycles. The van der Waals surface area contributed by atoms with Gasteiger partial charge in [-0.25, -0.2) is 4.39 Å². The van der Waals surface area contributed by atoms with Gasteiger partial charge in [-0.05, 0) is 42.8 Å². The number of nitrogens with zero attached hydrogens (tertiary/aromatic N) is 3. The number of rotatable bonds is 8. The summed E-state index contributed by atoms with van der Waals surface area (Å²) in [5.41, 5.74) is 2.95. The van der Waals surface area contributed by atoms with Gasteiger partial charge in [0.2, 0.25) is 0 Å². The third kappa shape index (κ3) is 5.30. The van der Waals surface area contributed by atoms with Crippen molar-refractivity contribution in [2.24, 2.45) is 7.05 Å². The second-order valence-corrected chi connectivity index (χ2v) is 8.74. The molecule has 0 bridgehead atoms. The fourth-order valence-electron chi connectivity index (χ4n) is 4.10. The van der Waals surface area contributed by atoms with E-state index >= 15 is 4.39 Å². The number of aromatic nitrogens is 3. The predicted molar refractivity (Wildman–Crippen MR) is 147 cm³/mol. The quantitative estimate of drug-likeness (QED) is 0.247. The molecule has 0 unspecified atom stereocenters. The Bertz CT molecular complexity index is 1680. The lowest BCUT2D eigenvalue weighted by molar-refractivity contribution is 0.102. The molecule has 9 nitrogen and oxygen atoms in total. The van der Waals surface area contributed by atoms with Gasteiger partial charge in [-0.2, -0.15) is 5.10 Å². The Morgan fingerprint density at radius 2 is 1.72 bits per heavy atom. The van der Waals surface area contributed by atoms with Crippen molar-refractivity contribution in [3.05, 3.63) is 90.0 Å². The molecule has 0 atom stereocenters. The average Bonchev–Trinajstić information content (AvgIpc) is 3.30. The number of pyridine rings is 1. The number of benzene rings is 3. The van der Waals surface area contributed by atoms with Crippen LogP contribution in [0.5, 0.6) is 23.0 Å². The molecule has 0 aliphatic rings. The highest BCUT2D eigenvalue weighted by Gasteiger charge is 2.18. The first kappa shape index (κ1) is 25.5. The molecule has 2 N–H and O–H groups in total. The first-order valence-corrected chi connectivity index (χ1v) is 12.0. The Hall–Kier alpha value is -5.12. The lowest BCUT2D eigenvalue weighted by Crippen LogP contribution is -2.13. The summed E-state index contributed by atoms with van der Waals surface area (Å²) in [6.07, 6.45) is 3.17. The van der Waals surface area contributed by atoms with E-state index in [0.29, 0.717) is 45.1 Å². The zero-order valence-electron chi connectivity index (χ0n) is 21.8. The van der Waals surface area contributed by atoms with Gasteiger partial charge in [0.25, 0.3) is 5.91 Å². The van der Waals surface area contributed by atoms with Crippen LogP contribution in [0, 0.1) is 12.7 Å². The summed E-state index contributed by atoms with van der Waals surface area (Å²) in [4.78, 5) is 17.3. The van der Waals surface area contributed by atoms with E-state index in [0.717, 1.165) is 5.56 Å². The number of hydrogen-bond donors (Lipinski definition) is 2. The molecule has 0 saturated carbocycles. The number of carbonyl (C=O) groups excluding carboxylic acids is 1. The largest absolute Gasteiger partial charge is 0.493 e. The second-order valence-electron chi connectivity index (χ2n) is 8.74. The minimum atomic E-state index is -0.604. The van der Waals surface area contributed by atoms with Crippen LogP contribution >= 0.6 is 0 Å². The van der Waals surface area contributed by atoms with Crippen LogP contribution in [-0.4, -0.2) is 34.9 Å². The maximum absolute atomic E-state index is 15.2. The molecule has 0 aliphatic heterocycles. The number of aryl methyl sites for hydroxylation is 2. The number of ether oxygens (including phenoxy) is 3. The van der Waals surface area contributed by atoms with E-state index < -0.39 is 5.82 Å². The summed E-state index contributed by atoms with van der Waals surface area (Å²) in [6.45, 7) is 1.91. The molecule has 1 amide bonds. The number of para-hydroxylation sites is 1. The fraction of sp³-hybridized carbons (Fsp3) is 0.138. The Labute approximate surface area is 224 Å². The maximum atomic E-state index is 15.2. The molecule has 0 radical (unpaired) electrons. The van der Waals surface area contributed by atoms with E-state index in [9.17, 15) is 4.79 Å². The van der Waals surface area contributed by atoms with E-state index in [1.165, 1.54) is 23.9 Å². The molecule has 39 heavy (non-hydrogen) atoms. The van der Waals surface area contributed by atoms with Crippen LogP contribution in [0.15, 0.2) is 73.1 Å². The minimum Gasteiger partial charge on any atom is -0.493 e. The summed E-state index contributed by atoms with van der Waals surface area (Å²) in [7, 11) is 4.78. The first-order valence-electron chi connectivity index (χ1n) is 12.0. The number of methoxy groups -OCH3 is 2. The third-order valence-electron chi connectivity index (χ3n) is 6.09. The smallest absolute Gasteiger partial charge is 0.261 e. The van der Waals surface area contributed by atoms with Gasteiger partial charge in [-0.1, -0.05) is 18.2 Å². The Morgan fingerprint density at radius 3 is 2.46 bits per heavy atom. The van der Waals surface area contributed by atoms with Crippen molar-refractivity contribution >= 4 is 34.0 Å². The van der Waals surface area contributed by atoms with E-state index in [1.54, 1.807) is 50.8 Å². The van der Waals surface area contributed by atoms with Crippen molar-refractivity contribution in [2.45, 2.75) is 6.92 Å². The highest BCUT2D eigenvalue weighted by Crippen LogP contribution is 2.37. The number of fused-ring (bicyclic) bond motifs is 1. The summed E-state index contributed by atoms with van der Waals surface area (Å²) in [6, 6.07) is 17.0. The molecule has 198 valence electrons. The topological polar surface area (TPSA) is 99.5 Å². The van der Waals surface area contributed by atoms with Crippen LogP contribution < -0.4 is 24.8 Å². The van der Waals surface area contributed by atoms with Crippen LogP contribution in [-0.2, 0) is 7.05 Å². The molecule has 0 aliphatic carbocycles. The molecule has 10 heteroatoms. The van der Waals surface area contributed by atoms with E-state index in [1.807, 2.05) is 31.2 Å². The summed E-state index contributed by atoms with van der Waals surface area (Å²) >= 11 is 0. The highest BCUT2D eigenvalue weighted by atomic mass is 19.1. The van der Waals surface area contributed by atoms with Crippen molar-refractivity contribution in [3.8, 4) is 23.0 Å². The maximum Gasteiger partial charge on any atom is 0.261 e. The Morgan fingerprint density at radius 1 is 0.949 bits per heavy atom. The fourth-order valence-corrected chi connectivity index (χ4v) is 4.10. The molecule has 3 aromatic carbocycles. The number of hydrogen-bond acceptors (Lipinski definition) is 7. The van der Waals surface area contributed by atoms with Gasteiger partial charge in [0, 0.05) is 48.3 Å². The van der Waals surface area contributed by atoms with E-state index in [4.69, 9.17) is 14.2 Å². The lowest BCUT2D eigenvalue weighted by Gasteiger charge is -2.13. The predicted octanol–water partition coefficient (Wildman–Crippen LogP) is 6.22. The standard InChI is InChI=1S/C29H26FN5O4/c1-17-7-5-6-8-22(17)33-29(36)20-16-35(2)34-28(20)32-18-9-10-25(21(30)13-18)39-24-11-12-31-23-15-27(38-4)26(37-3)14-19(23)24/h5-16H,1-4H3,(H,32,34)(H,33,36). The van der Waals surface area contributed by atoms with Crippen LogP contribution in [0.3, 0.4) is 0 Å². The number of nitrogens with one attached hydrogen (secondary N) is 2. The molecule has 0 fully saturated rings. The van der Waals surface area contributed by atoms with Gasteiger partial charge >= 0.3 is 0 Å². The van der Waals surface area contributed by atoms with Crippen LogP contribution in [0.1, 0.15) is 15.9 Å². The molecule has 5 rings (SSSR count). The number of amides is 1. The van der Waals surface area contributed by atoms with Crippen molar-refractivity contribution in [1.82, 2.24) is 14.8 Å². The number of anilines is 3. The molecule has 0 spiro atoms. The molecule has 5 aromatic rings. The average molecular weight is 528 g/mol. The van der Waals surface area contributed by atoms with Crippen molar-refractivity contribution < 1.29 is 23.4 Å². The van der Waals surface area contributed by atoms with Crippen LogP contribution in [0.2, 0.25) is 0 Å². The molecular formula is C29H26FN5O4. The Balaban J connectivity index is 1.38. The number of halogens is 1. The van der Waals surface area contributed by atoms with Gasteiger partial charge in [-0.3, -0.25) is 14.5 Å². The second kappa shape index (κ2) is 10.7. The van der Waals surface area contributed by atoms with Crippen molar-refractivity contribution in [3.63, 3.8) is 0 Å². The normalized spacial score (nSPS) is 10.8. The van der Waals surface area contributed by atoms with Gasteiger partial charge in [0.15, 0.2) is 28.9 Å². The number of carbonyl (C=O) groups is 1. The van der Waals surface area contributed by atoms with Gasteiger partial charge < -0.3 is 24.8 Å². The van der Waals surface area contributed by atoms with Crippen molar-refractivity contribution in [1.29, 1.82) is 0 Å². The van der Waals surface area contributed by atoms with Crippen LogP contribution in [0.25, 0.3) is 10.9 Å². The first-order chi connectivity index (χ1) is 18.9. The van der Waals surface area contributed by atoms with Crippen molar-refractivity contribution in [2.75, 3.05) is 24.9 Å². The zero-order valence-corrected chi connectivity index (χ0v) is 21.8. The minimum absolute atomic E-state index is 0.0152. The molecular weight excluding hydrogens is 501 g/mol. The monoisotopic (exact) mass is 527 g/mol.